The predicted molar refractivity (Wildman–Crippen MR) is 139 cm³/mol. The maximum Gasteiger partial charge on any atom is 0.237 e. The highest BCUT2D eigenvalue weighted by Crippen LogP contribution is 2.56. The number of carbonyl (C=O) groups excluding carboxylic acids is 2. The first-order valence-electron chi connectivity index (χ1n) is 12.1. The van der Waals surface area contributed by atoms with Gasteiger partial charge in [0.1, 0.15) is 11.2 Å². The second-order valence-electron chi connectivity index (χ2n) is 10.9. The number of rotatable bonds is 7. The Morgan fingerprint density at radius 3 is 2.68 bits per heavy atom. The molecule has 2 aliphatic rings. The number of carbonyl (C=O) groups is 2. The average Bonchev–Trinajstić information content (AvgIpc) is 3.28. The van der Waals surface area contributed by atoms with Crippen LogP contribution in [0.5, 0.6) is 0 Å². The highest BCUT2D eigenvalue weighted by Gasteiger charge is 2.66. The van der Waals surface area contributed by atoms with Gasteiger partial charge in [0, 0.05) is 41.1 Å². The van der Waals surface area contributed by atoms with Crippen molar-refractivity contribution in [2.75, 3.05) is 18.5 Å². The first kappa shape index (κ1) is 27.7. The Morgan fingerprint density at radius 1 is 1.30 bits per heavy atom. The van der Waals surface area contributed by atoms with Gasteiger partial charge in [-0.3, -0.25) is 14.6 Å². The van der Waals surface area contributed by atoms with E-state index in [9.17, 15) is 19.1 Å². The van der Waals surface area contributed by atoms with Crippen LogP contribution in [0.15, 0.2) is 30.5 Å². The van der Waals surface area contributed by atoms with Crippen molar-refractivity contribution < 1.29 is 24.2 Å². The first-order chi connectivity index (χ1) is 17.4. The second kappa shape index (κ2) is 10.5. The standard InChI is InChI=1S/C26H31Cl2FN4O4/c1-25(2,3)11-20-26(15-9-17(29)16(28)10-18(15)32-24(26)37)21(19-8-13(27)4-6-30-19)22(33-20)23(36)31-7-5-14(35)12-34/h4,6,8-10,14,20-22,33-35H,5,7,11-12H2,1-3H3,(H,31,36)(H,32,37)/t14-,20+,21-,22+,26-/m0/s1. The zero-order valence-corrected chi connectivity index (χ0v) is 22.3. The molecule has 2 aromatic rings. The summed E-state index contributed by atoms with van der Waals surface area (Å²) in [5, 5.41) is 28.1. The van der Waals surface area contributed by atoms with E-state index in [1.54, 1.807) is 12.1 Å². The zero-order valence-electron chi connectivity index (χ0n) is 20.8. The van der Waals surface area contributed by atoms with Gasteiger partial charge in [0.05, 0.1) is 23.8 Å². The van der Waals surface area contributed by atoms with Crippen LogP contribution >= 0.6 is 23.2 Å². The van der Waals surface area contributed by atoms with Gasteiger partial charge in [-0.15, -0.1) is 0 Å². The van der Waals surface area contributed by atoms with Gasteiger partial charge >= 0.3 is 0 Å². The van der Waals surface area contributed by atoms with Crippen LogP contribution < -0.4 is 16.0 Å². The van der Waals surface area contributed by atoms with E-state index in [1.807, 2.05) is 20.8 Å². The molecule has 1 aromatic heterocycles. The lowest BCUT2D eigenvalue weighted by Crippen LogP contribution is -2.49. The second-order valence-corrected chi connectivity index (χ2v) is 11.7. The molecule has 0 unspecified atom stereocenters. The number of fused-ring (bicyclic) bond motifs is 2. The molecule has 37 heavy (non-hydrogen) atoms. The minimum absolute atomic E-state index is 0.110. The van der Waals surface area contributed by atoms with Gasteiger partial charge < -0.3 is 26.2 Å². The number of pyridine rings is 1. The molecular weight excluding hydrogens is 522 g/mol. The Hall–Kier alpha value is -2.30. The number of aliphatic hydroxyl groups excluding tert-OH is 2. The predicted octanol–water partition coefficient (Wildman–Crippen LogP) is 3.14. The van der Waals surface area contributed by atoms with E-state index in [0.717, 1.165) is 0 Å². The van der Waals surface area contributed by atoms with Crippen molar-refractivity contribution >= 4 is 40.7 Å². The molecule has 200 valence electrons. The number of aliphatic hydroxyl groups is 2. The lowest BCUT2D eigenvalue weighted by atomic mass is 9.63. The van der Waals surface area contributed by atoms with Crippen molar-refractivity contribution in [1.29, 1.82) is 0 Å². The summed E-state index contributed by atoms with van der Waals surface area (Å²) < 4.78 is 14.9. The lowest BCUT2D eigenvalue weighted by Gasteiger charge is -2.37. The van der Waals surface area contributed by atoms with Crippen molar-refractivity contribution in [3.63, 3.8) is 0 Å². The van der Waals surface area contributed by atoms with Crippen LogP contribution in [-0.4, -0.2) is 58.4 Å². The molecule has 2 aliphatic heterocycles. The molecule has 11 heteroatoms. The first-order valence-corrected chi connectivity index (χ1v) is 12.9. The largest absolute Gasteiger partial charge is 0.394 e. The topological polar surface area (TPSA) is 124 Å². The van der Waals surface area contributed by atoms with Gasteiger partial charge in [-0.1, -0.05) is 44.0 Å². The van der Waals surface area contributed by atoms with E-state index in [0.29, 0.717) is 28.4 Å². The molecule has 0 radical (unpaired) electrons. The number of hydrogen-bond acceptors (Lipinski definition) is 6. The van der Waals surface area contributed by atoms with Crippen molar-refractivity contribution in [3.8, 4) is 0 Å². The van der Waals surface area contributed by atoms with Crippen molar-refractivity contribution in [2.45, 2.75) is 63.1 Å². The summed E-state index contributed by atoms with van der Waals surface area (Å²) in [6, 6.07) is 4.36. The third-order valence-corrected chi connectivity index (χ3v) is 7.56. The van der Waals surface area contributed by atoms with Crippen LogP contribution in [0, 0.1) is 11.2 Å². The number of amides is 2. The fraction of sp³-hybridized carbons (Fsp3) is 0.500. The molecule has 1 spiro atoms. The number of hydrogen-bond donors (Lipinski definition) is 5. The van der Waals surface area contributed by atoms with Crippen LogP contribution in [0.2, 0.25) is 10.0 Å². The van der Waals surface area contributed by atoms with Gasteiger partial charge in [0.25, 0.3) is 0 Å². The van der Waals surface area contributed by atoms with E-state index in [4.69, 9.17) is 28.3 Å². The summed E-state index contributed by atoms with van der Waals surface area (Å²) in [6.45, 7) is 5.76. The molecule has 2 amide bonds. The van der Waals surface area contributed by atoms with E-state index < -0.39 is 47.9 Å². The summed E-state index contributed by atoms with van der Waals surface area (Å²) in [6.07, 6.45) is 1.17. The van der Waals surface area contributed by atoms with E-state index in [-0.39, 0.29) is 29.3 Å². The zero-order chi connectivity index (χ0) is 27.1. The Morgan fingerprint density at radius 2 is 2.03 bits per heavy atom. The molecule has 0 saturated carbocycles. The summed E-state index contributed by atoms with van der Waals surface area (Å²) in [4.78, 5) is 32.0. The van der Waals surface area contributed by atoms with Crippen molar-refractivity contribution in [1.82, 2.24) is 15.6 Å². The monoisotopic (exact) mass is 552 g/mol. The summed E-state index contributed by atoms with van der Waals surface area (Å²) in [5.74, 6) is -2.32. The Kier molecular flexibility index (Phi) is 7.84. The maximum absolute atomic E-state index is 14.9. The number of nitrogens with zero attached hydrogens (tertiary/aromatic N) is 1. The molecule has 3 heterocycles. The summed E-state index contributed by atoms with van der Waals surface area (Å²) in [7, 11) is 0. The maximum atomic E-state index is 14.9. The van der Waals surface area contributed by atoms with Crippen LogP contribution in [0.25, 0.3) is 0 Å². The molecule has 8 nitrogen and oxygen atoms in total. The van der Waals surface area contributed by atoms with E-state index >= 15 is 0 Å². The molecule has 0 bridgehead atoms. The minimum Gasteiger partial charge on any atom is -0.394 e. The van der Waals surface area contributed by atoms with Gasteiger partial charge in [-0.05, 0) is 48.1 Å². The average molecular weight is 553 g/mol. The van der Waals surface area contributed by atoms with Crippen molar-refractivity contribution in [3.05, 3.63) is 57.6 Å². The molecule has 1 fully saturated rings. The fourth-order valence-corrected chi connectivity index (χ4v) is 5.87. The SMILES string of the molecule is CC(C)(C)C[C@H]1N[C@@H](C(=O)NCC[C@H](O)CO)[C@H](c2cc(Cl)ccn2)[C@@]12C(=O)Nc1cc(Cl)c(F)cc12. The van der Waals surface area contributed by atoms with Gasteiger partial charge in [0.2, 0.25) is 11.8 Å². The van der Waals surface area contributed by atoms with Crippen LogP contribution in [-0.2, 0) is 15.0 Å². The van der Waals surface area contributed by atoms with Gasteiger partial charge in [0.15, 0.2) is 0 Å². The smallest absolute Gasteiger partial charge is 0.237 e. The quantitative estimate of drug-likeness (QED) is 0.359. The van der Waals surface area contributed by atoms with Crippen molar-refractivity contribution in [2.24, 2.45) is 5.41 Å². The lowest BCUT2D eigenvalue weighted by molar-refractivity contribution is -0.124. The van der Waals surface area contributed by atoms with E-state index in [1.165, 1.54) is 18.3 Å². The molecule has 5 N–H and O–H groups in total. The highest BCUT2D eigenvalue weighted by atomic mass is 35.5. The summed E-state index contributed by atoms with van der Waals surface area (Å²) >= 11 is 12.4. The third-order valence-electron chi connectivity index (χ3n) is 7.03. The Labute approximate surface area is 225 Å². The third kappa shape index (κ3) is 5.20. The Balaban J connectivity index is 1.89. The van der Waals surface area contributed by atoms with Crippen LogP contribution in [0.3, 0.4) is 0 Å². The highest BCUT2D eigenvalue weighted by molar-refractivity contribution is 6.31. The molecule has 4 rings (SSSR count). The van der Waals surface area contributed by atoms with Gasteiger partial charge in [-0.2, -0.15) is 0 Å². The molecular formula is C26H31Cl2FN4O4. The Bertz CT molecular complexity index is 1210. The fourth-order valence-electron chi connectivity index (χ4n) is 5.54. The molecule has 1 aromatic carbocycles. The van der Waals surface area contributed by atoms with Crippen LogP contribution in [0.1, 0.15) is 50.8 Å². The number of nitrogens with one attached hydrogen (secondary N) is 3. The molecule has 1 saturated heterocycles. The normalized spacial score (nSPS) is 25.7. The molecule has 5 atom stereocenters. The minimum atomic E-state index is -1.39. The number of aromatic nitrogens is 1. The number of benzene rings is 1. The van der Waals surface area contributed by atoms with E-state index in [2.05, 4.69) is 20.9 Å². The number of anilines is 1. The summed E-state index contributed by atoms with van der Waals surface area (Å²) in [5.41, 5.74) is -0.458. The van der Waals surface area contributed by atoms with Crippen LogP contribution in [0.4, 0.5) is 10.1 Å². The number of halogens is 3. The van der Waals surface area contributed by atoms with Gasteiger partial charge in [-0.25, -0.2) is 4.39 Å². The molecule has 0 aliphatic carbocycles.